The summed E-state index contributed by atoms with van der Waals surface area (Å²) >= 11 is 0. The van der Waals surface area contributed by atoms with Crippen LogP contribution in [0.2, 0.25) is 0 Å². The van der Waals surface area contributed by atoms with Crippen molar-refractivity contribution in [1.82, 2.24) is 5.32 Å². The van der Waals surface area contributed by atoms with E-state index in [-0.39, 0.29) is 0 Å². The van der Waals surface area contributed by atoms with E-state index in [0.717, 1.165) is 19.5 Å². The van der Waals surface area contributed by atoms with Crippen LogP contribution in [0, 0.1) is 16.7 Å². The third-order valence-corrected chi connectivity index (χ3v) is 2.29. The zero-order chi connectivity index (χ0) is 11.7. The Labute approximate surface area is 92.2 Å². The van der Waals surface area contributed by atoms with Crippen LogP contribution in [-0.4, -0.2) is 18.8 Å². The number of aliphatic imine (C=N–C) groups is 1. The Morgan fingerprint density at radius 3 is 2.67 bits per heavy atom. The molecule has 0 aliphatic rings. The van der Waals surface area contributed by atoms with Gasteiger partial charge in [-0.05, 0) is 32.5 Å². The van der Waals surface area contributed by atoms with Gasteiger partial charge >= 0.3 is 0 Å². The highest BCUT2D eigenvalue weighted by molar-refractivity contribution is 6.01. The highest BCUT2D eigenvalue weighted by Crippen LogP contribution is 2.23. The molecule has 0 aromatic rings. The molecule has 1 atom stereocenters. The molecule has 82 valence electrons. The highest BCUT2D eigenvalue weighted by atomic mass is 14.8. The second-order valence-corrected chi connectivity index (χ2v) is 3.45. The fourth-order valence-electron chi connectivity index (χ4n) is 1.28. The van der Waals surface area contributed by atoms with Crippen molar-refractivity contribution in [1.29, 1.82) is 5.26 Å². The van der Waals surface area contributed by atoms with Crippen LogP contribution in [0.25, 0.3) is 0 Å². The van der Waals surface area contributed by atoms with Gasteiger partial charge in [0.2, 0.25) is 0 Å². The molecule has 0 aromatic heterocycles. The maximum absolute atomic E-state index is 9.17. The van der Waals surface area contributed by atoms with Crippen molar-refractivity contribution in [3.63, 3.8) is 0 Å². The molecule has 0 aliphatic heterocycles. The summed E-state index contributed by atoms with van der Waals surface area (Å²) in [5.41, 5.74) is 0.0934. The van der Waals surface area contributed by atoms with E-state index in [9.17, 15) is 5.26 Å². The zero-order valence-electron chi connectivity index (χ0n) is 9.58. The number of rotatable bonds is 7. The maximum Gasteiger partial charge on any atom is 0.0976 e. The summed E-state index contributed by atoms with van der Waals surface area (Å²) < 4.78 is 0. The predicted octanol–water partition coefficient (Wildman–Crippen LogP) is 2.29. The lowest BCUT2D eigenvalue weighted by atomic mass is 9.83. The highest BCUT2D eigenvalue weighted by Gasteiger charge is 2.27. The molecule has 0 fully saturated rings. The largest absolute Gasteiger partial charge is 0.317 e. The summed E-state index contributed by atoms with van der Waals surface area (Å²) in [5, 5.41) is 12.4. The molecular weight excluding hydrogens is 186 g/mol. The minimum atomic E-state index is -0.585. The third-order valence-electron chi connectivity index (χ3n) is 2.29. The van der Waals surface area contributed by atoms with Gasteiger partial charge in [-0.1, -0.05) is 20.1 Å². The Balaban J connectivity index is 4.68. The summed E-state index contributed by atoms with van der Waals surface area (Å²) in [5.74, 6) is 0. The van der Waals surface area contributed by atoms with Crippen LogP contribution in [0.4, 0.5) is 0 Å². The lowest BCUT2D eigenvalue weighted by molar-refractivity contribution is 0.521. The Hall–Kier alpha value is -1.40. The van der Waals surface area contributed by atoms with Gasteiger partial charge in [0.1, 0.15) is 0 Å². The van der Waals surface area contributed by atoms with E-state index >= 15 is 0 Å². The molecule has 0 bridgehead atoms. The molecular formula is C12H19N3. The molecule has 0 aliphatic carbocycles. The van der Waals surface area contributed by atoms with Gasteiger partial charge in [0, 0.05) is 6.20 Å². The molecule has 0 rings (SSSR count). The van der Waals surface area contributed by atoms with Crippen LogP contribution in [0.1, 0.15) is 20.3 Å². The first-order chi connectivity index (χ1) is 7.14. The summed E-state index contributed by atoms with van der Waals surface area (Å²) in [6, 6.07) is 2.28. The fraction of sp³-hybridized carbons (Fsp3) is 0.500. The van der Waals surface area contributed by atoms with Crippen molar-refractivity contribution >= 4 is 5.71 Å². The average Bonchev–Trinajstić information content (AvgIpc) is 2.26. The minimum Gasteiger partial charge on any atom is -0.317 e. The second kappa shape index (κ2) is 6.97. The van der Waals surface area contributed by atoms with Gasteiger partial charge in [0.05, 0.1) is 17.2 Å². The first kappa shape index (κ1) is 13.6. The van der Waals surface area contributed by atoms with E-state index in [1.54, 1.807) is 6.08 Å². The van der Waals surface area contributed by atoms with E-state index in [1.807, 2.05) is 13.8 Å². The van der Waals surface area contributed by atoms with Gasteiger partial charge in [0.25, 0.3) is 0 Å². The van der Waals surface area contributed by atoms with Crippen molar-refractivity contribution in [2.75, 3.05) is 13.1 Å². The molecule has 1 unspecified atom stereocenters. The predicted molar refractivity (Wildman–Crippen MR) is 64.7 cm³/mol. The van der Waals surface area contributed by atoms with Gasteiger partial charge < -0.3 is 5.32 Å². The van der Waals surface area contributed by atoms with E-state index in [4.69, 9.17) is 0 Å². The number of hydrogen-bond donors (Lipinski definition) is 1. The molecule has 0 saturated carbocycles. The van der Waals surface area contributed by atoms with Crippen molar-refractivity contribution < 1.29 is 0 Å². The van der Waals surface area contributed by atoms with E-state index < -0.39 is 5.41 Å². The number of allylic oxidation sites excluding steroid dienone is 1. The topological polar surface area (TPSA) is 48.2 Å². The quantitative estimate of drug-likeness (QED) is 0.512. The summed E-state index contributed by atoms with van der Waals surface area (Å²) in [6.45, 7) is 12.8. The first-order valence-electron chi connectivity index (χ1n) is 5.08. The molecule has 0 amide bonds. The van der Waals surface area contributed by atoms with Gasteiger partial charge in [0.15, 0.2) is 0 Å². The monoisotopic (exact) mass is 205 g/mol. The van der Waals surface area contributed by atoms with Crippen molar-refractivity contribution in [3.05, 3.63) is 25.4 Å². The summed E-state index contributed by atoms with van der Waals surface area (Å²) in [4.78, 5) is 4.08. The second-order valence-electron chi connectivity index (χ2n) is 3.45. The Bertz CT molecular complexity index is 286. The maximum atomic E-state index is 9.17. The summed E-state index contributed by atoms with van der Waals surface area (Å²) in [6.07, 6.45) is 3.78. The Morgan fingerprint density at radius 2 is 2.27 bits per heavy atom. The molecule has 3 heteroatoms. The number of nitriles is 1. The zero-order valence-corrected chi connectivity index (χ0v) is 9.58. The Morgan fingerprint density at radius 1 is 1.60 bits per heavy atom. The SMILES string of the molecule is C=CN=C(C=C)C(C)(C#N)CCNCC. The molecule has 1 N–H and O–H groups in total. The van der Waals surface area contributed by atoms with Crippen LogP contribution >= 0.6 is 0 Å². The molecule has 0 radical (unpaired) electrons. The smallest absolute Gasteiger partial charge is 0.0976 e. The standard InChI is InChI=1S/C12H19N3/c1-5-11(15-7-3)12(4,10-13)8-9-14-6-2/h5,7,14H,1,3,6,8-9H2,2,4H3. The number of nitrogens with one attached hydrogen (secondary N) is 1. The van der Waals surface area contributed by atoms with Gasteiger partial charge in [-0.2, -0.15) is 5.26 Å². The van der Waals surface area contributed by atoms with Crippen LogP contribution in [-0.2, 0) is 0 Å². The normalized spacial score (nSPS) is 15.1. The van der Waals surface area contributed by atoms with Crippen LogP contribution in [0.5, 0.6) is 0 Å². The van der Waals surface area contributed by atoms with E-state index in [2.05, 4.69) is 29.5 Å². The molecule has 3 nitrogen and oxygen atoms in total. The van der Waals surface area contributed by atoms with Gasteiger partial charge in [-0.15, -0.1) is 0 Å². The van der Waals surface area contributed by atoms with E-state index in [1.165, 1.54) is 6.20 Å². The minimum absolute atomic E-state index is 0.585. The lowest BCUT2D eigenvalue weighted by Crippen LogP contribution is -2.29. The Kier molecular flexibility index (Phi) is 6.32. The molecule has 0 heterocycles. The van der Waals surface area contributed by atoms with Crippen molar-refractivity contribution in [2.45, 2.75) is 20.3 Å². The molecule has 0 spiro atoms. The fourth-order valence-corrected chi connectivity index (χ4v) is 1.28. The number of nitrogens with zero attached hydrogens (tertiary/aromatic N) is 2. The molecule has 0 aromatic carbocycles. The van der Waals surface area contributed by atoms with Crippen LogP contribution in [0.3, 0.4) is 0 Å². The van der Waals surface area contributed by atoms with Crippen LogP contribution in [0.15, 0.2) is 30.4 Å². The first-order valence-corrected chi connectivity index (χ1v) is 5.08. The van der Waals surface area contributed by atoms with Gasteiger partial charge in [-0.3, -0.25) is 4.99 Å². The van der Waals surface area contributed by atoms with Crippen LogP contribution < -0.4 is 5.32 Å². The van der Waals surface area contributed by atoms with Gasteiger partial charge in [-0.25, -0.2) is 0 Å². The van der Waals surface area contributed by atoms with Crippen molar-refractivity contribution in [2.24, 2.45) is 10.4 Å². The average molecular weight is 205 g/mol. The third kappa shape index (κ3) is 4.09. The lowest BCUT2D eigenvalue weighted by Gasteiger charge is -2.21. The van der Waals surface area contributed by atoms with Crippen molar-refractivity contribution in [3.8, 4) is 6.07 Å². The molecule has 0 saturated heterocycles. The number of hydrogen-bond acceptors (Lipinski definition) is 3. The van der Waals surface area contributed by atoms with E-state index in [0.29, 0.717) is 5.71 Å². The molecule has 15 heavy (non-hydrogen) atoms. The summed E-state index contributed by atoms with van der Waals surface area (Å²) in [7, 11) is 0.